The predicted molar refractivity (Wildman–Crippen MR) is 75.6 cm³/mol. The van der Waals surface area contributed by atoms with E-state index < -0.39 is 0 Å². The summed E-state index contributed by atoms with van der Waals surface area (Å²) < 4.78 is 3.00. The van der Waals surface area contributed by atoms with Crippen LogP contribution in [0.15, 0.2) is 41.0 Å². The number of nitrogens with one attached hydrogen (secondary N) is 1. The predicted octanol–water partition coefficient (Wildman–Crippen LogP) is 2.27. The topological polar surface area (TPSA) is 29.9 Å². The Bertz CT molecular complexity index is 540. The number of aryl methyl sites for hydroxylation is 1. The number of nitrogens with zero attached hydrogens (tertiary/aromatic N) is 2. The fourth-order valence-corrected chi connectivity index (χ4v) is 2.83. The standard InChI is InChI=1S/C14H16BrN3/c1-18-7-6-13(17-18)8-14(9-16-10-14)11-2-4-12(15)5-3-11/h2-7,16H,8-10H2,1H3. The van der Waals surface area contributed by atoms with Crippen LogP contribution in [0.5, 0.6) is 0 Å². The lowest BCUT2D eigenvalue weighted by Gasteiger charge is -2.43. The van der Waals surface area contributed by atoms with Gasteiger partial charge in [-0.2, -0.15) is 5.10 Å². The largest absolute Gasteiger partial charge is 0.315 e. The van der Waals surface area contributed by atoms with Gasteiger partial charge in [-0.15, -0.1) is 0 Å². The first-order chi connectivity index (χ1) is 8.68. The zero-order valence-electron chi connectivity index (χ0n) is 10.4. The summed E-state index contributed by atoms with van der Waals surface area (Å²) in [5.74, 6) is 0. The van der Waals surface area contributed by atoms with Crippen molar-refractivity contribution in [1.82, 2.24) is 15.1 Å². The number of halogens is 1. The number of hydrogen-bond acceptors (Lipinski definition) is 2. The summed E-state index contributed by atoms with van der Waals surface area (Å²) in [5, 5.41) is 7.90. The first-order valence-electron chi connectivity index (χ1n) is 6.13. The van der Waals surface area contributed by atoms with Gasteiger partial charge >= 0.3 is 0 Å². The Hall–Kier alpha value is -1.13. The van der Waals surface area contributed by atoms with Crippen molar-refractivity contribution >= 4 is 15.9 Å². The average Bonchev–Trinajstić information content (AvgIpc) is 2.71. The van der Waals surface area contributed by atoms with Crippen LogP contribution in [0.3, 0.4) is 0 Å². The summed E-state index contributed by atoms with van der Waals surface area (Å²) in [6.07, 6.45) is 3.01. The Balaban J connectivity index is 1.88. The molecule has 1 aromatic carbocycles. The van der Waals surface area contributed by atoms with E-state index in [-0.39, 0.29) is 5.41 Å². The van der Waals surface area contributed by atoms with E-state index in [0.717, 1.165) is 24.0 Å². The van der Waals surface area contributed by atoms with Gasteiger partial charge in [0.2, 0.25) is 0 Å². The van der Waals surface area contributed by atoms with Crippen LogP contribution >= 0.6 is 15.9 Å². The number of rotatable bonds is 3. The van der Waals surface area contributed by atoms with Crippen molar-refractivity contribution in [3.05, 3.63) is 52.3 Å². The van der Waals surface area contributed by atoms with E-state index in [4.69, 9.17) is 0 Å². The van der Waals surface area contributed by atoms with E-state index in [1.807, 2.05) is 17.9 Å². The molecule has 0 spiro atoms. The van der Waals surface area contributed by atoms with E-state index in [9.17, 15) is 0 Å². The molecular weight excluding hydrogens is 290 g/mol. The first-order valence-corrected chi connectivity index (χ1v) is 6.93. The lowest BCUT2D eigenvalue weighted by molar-refractivity contribution is 0.272. The van der Waals surface area contributed by atoms with E-state index >= 15 is 0 Å². The normalized spacial score (nSPS) is 17.4. The van der Waals surface area contributed by atoms with Gasteiger partial charge in [-0.05, 0) is 23.8 Å². The molecule has 0 amide bonds. The monoisotopic (exact) mass is 305 g/mol. The second-order valence-corrected chi connectivity index (χ2v) is 5.96. The Morgan fingerprint density at radius 2 is 2.00 bits per heavy atom. The molecule has 1 aliphatic heterocycles. The smallest absolute Gasteiger partial charge is 0.0634 e. The van der Waals surface area contributed by atoms with Crippen molar-refractivity contribution in [1.29, 1.82) is 0 Å². The Kier molecular flexibility index (Phi) is 2.99. The molecule has 4 heteroatoms. The summed E-state index contributed by atoms with van der Waals surface area (Å²) in [7, 11) is 1.97. The third kappa shape index (κ3) is 2.10. The molecule has 2 aromatic rings. The highest BCUT2D eigenvalue weighted by molar-refractivity contribution is 9.10. The Morgan fingerprint density at radius 1 is 1.28 bits per heavy atom. The maximum absolute atomic E-state index is 4.50. The molecule has 0 radical (unpaired) electrons. The quantitative estimate of drug-likeness (QED) is 0.943. The van der Waals surface area contributed by atoms with Gasteiger partial charge in [-0.3, -0.25) is 4.68 Å². The van der Waals surface area contributed by atoms with Gasteiger partial charge in [0.25, 0.3) is 0 Å². The molecule has 2 heterocycles. The number of aromatic nitrogens is 2. The van der Waals surface area contributed by atoms with Crippen LogP contribution in [-0.4, -0.2) is 22.9 Å². The molecule has 18 heavy (non-hydrogen) atoms. The van der Waals surface area contributed by atoms with Crippen LogP contribution in [0.25, 0.3) is 0 Å². The molecule has 0 bridgehead atoms. The number of benzene rings is 1. The minimum Gasteiger partial charge on any atom is -0.315 e. The summed E-state index contributed by atoms with van der Waals surface area (Å²) >= 11 is 3.49. The summed E-state index contributed by atoms with van der Waals surface area (Å²) in [4.78, 5) is 0. The zero-order chi connectivity index (χ0) is 12.6. The molecule has 0 atom stereocenters. The SMILES string of the molecule is Cn1ccc(CC2(c3ccc(Br)cc3)CNC2)n1. The van der Waals surface area contributed by atoms with Crippen LogP contribution in [0.2, 0.25) is 0 Å². The van der Waals surface area contributed by atoms with Crippen molar-refractivity contribution in [2.24, 2.45) is 7.05 Å². The Labute approximate surface area is 115 Å². The average molecular weight is 306 g/mol. The van der Waals surface area contributed by atoms with Crippen molar-refractivity contribution in [2.75, 3.05) is 13.1 Å². The lowest BCUT2D eigenvalue weighted by atomic mass is 9.72. The molecule has 1 fully saturated rings. The van der Waals surface area contributed by atoms with Gasteiger partial charge in [-0.25, -0.2) is 0 Å². The number of hydrogen-bond donors (Lipinski definition) is 1. The zero-order valence-corrected chi connectivity index (χ0v) is 11.9. The molecular formula is C14H16BrN3. The van der Waals surface area contributed by atoms with Crippen LogP contribution < -0.4 is 5.32 Å². The van der Waals surface area contributed by atoms with Crippen LogP contribution in [0, 0.1) is 0 Å². The molecule has 0 aliphatic carbocycles. The molecule has 1 saturated heterocycles. The highest BCUT2D eigenvalue weighted by Gasteiger charge is 2.39. The van der Waals surface area contributed by atoms with Crippen LogP contribution in [-0.2, 0) is 18.9 Å². The maximum Gasteiger partial charge on any atom is 0.0634 e. The molecule has 94 valence electrons. The van der Waals surface area contributed by atoms with E-state index in [1.165, 1.54) is 11.3 Å². The van der Waals surface area contributed by atoms with Gasteiger partial charge < -0.3 is 5.32 Å². The van der Waals surface area contributed by atoms with Crippen LogP contribution in [0.1, 0.15) is 11.3 Å². The van der Waals surface area contributed by atoms with E-state index in [0.29, 0.717) is 0 Å². The molecule has 0 unspecified atom stereocenters. The molecule has 1 aliphatic rings. The minimum absolute atomic E-state index is 0.217. The van der Waals surface area contributed by atoms with Crippen molar-refractivity contribution < 1.29 is 0 Å². The second-order valence-electron chi connectivity index (χ2n) is 5.05. The maximum atomic E-state index is 4.50. The van der Waals surface area contributed by atoms with Gasteiger partial charge in [0.05, 0.1) is 5.69 Å². The third-order valence-corrected chi connectivity index (χ3v) is 4.20. The fourth-order valence-electron chi connectivity index (χ4n) is 2.57. The second kappa shape index (κ2) is 4.52. The lowest BCUT2D eigenvalue weighted by Crippen LogP contribution is -2.58. The third-order valence-electron chi connectivity index (χ3n) is 3.67. The van der Waals surface area contributed by atoms with Gasteiger partial charge in [0, 0.05) is 42.6 Å². The molecule has 3 rings (SSSR count). The molecule has 1 N–H and O–H groups in total. The molecule has 0 saturated carbocycles. The van der Waals surface area contributed by atoms with Gasteiger partial charge in [-0.1, -0.05) is 28.1 Å². The molecule has 3 nitrogen and oxygen atoms in total. The van der Waals surface area contributed by atoms with E-state index in [2.05, 4.69) is 56.7 Å². The minimum atomic E-state index is 0.217. The van der Waals surface area contributed by atoms with Gasteiger partial charge in [0.1, 0.15) is 0 Å². The van der Waals surface area contributed by atoms with Crippen LogP contribution in [0.4, 0.5) is 0 Å². The van der Waals surface area contributed by atoms with Crippen molar-refractivity contribution in [2.45, 2.75) is 11.8 Å². The Morgan fingerprint density at radius 3 is 2.50 bits per heavy atom. The van der Waals surface area contributed by atoms with Crippen molar-refractivity contribution in [3.8, 4) is 0 Å². The first kappa shape index (κ1) is 11.9. The summed E-state index contributed by atoms with van der Waals surface area (Å²) in [5.41, 5.74) is 2.78. The molecule has 1 aromatic heterocycles. The van der Waals surface area contributed by atoms with Gasteiger partial charge in [0.15, 0.2) is 0 Å². The highest BCUT2D eigenvalue weighted by Crippen LogP contribution is 2.32. The highest BCUT2D eigenvalue weighted by atomic mass is 79.9. The summed E-state index contributed by atoms with van der Waals surface area (Å²) in [6, 6.07) is 10.8. The van der Waals surface area contributed by atoms with E-state index in [1.54, 1.807) is 0 Å². The fraction of sp³-hybridized carbons (Fsp3) is 0.357. The summed E-state index contributed by atoms with van der Waals surface area (Å²) in [6.45, 7) is 2.07. The van der Waals surface area contributed by atoms with Crippen molar-refractivity contribution in [3.63, 3.8) is 0 Å².